The van der Waals surface area contributed by atoms with Crippen molar-refractivity contribution in [3.63, 3.8) is 0 Å². The zero-order valence-electron chi connectivity index (χ0n) is 11.9. The number of rotatable bonds is 6. The average Bonchev–Trinajstić information content (AvgIpc) is 3.17. The van der Waals surface area contributed by atoms with Crippen molar-refractivity contribution in [2.75, 3.05) is 0 Å². The van der Waals surface area contributed by atoms with Gasteiger partial charge in [0, 0.05) is 30.1 Å². The first-order valence-electron chi connectivity index (χ1n) is 7.03. The van der Waals surface area contributed by atoms with Crippen molar-refractivity contribution in [3.05, 3.63) is 60.6 Å². The molecule has 0 spiro atoms. The van der Waals surface area contributed by atoms with Gasteiger partial charge >= 0.3 is 0 Å². The maximum absolute atomic E-state index is 5.37. The quantitative estimate of drug-likeness (QED) is 0.755. The topological polar surface area (TPSA) is 55.9 Å². The molecular weight excluding hydrogens is 264 g/mol. The molecule has 3 rings (SSSR count). The molecule has 0 saturated heterocycles. The Bertz CT molecular complexity index is 661. The van der Waals surface area contributed by atoms with Gasteiger partial charge in [-0.2, -0.15) is 5.10 Å². The van der Waals surface area contributed by atoms with Gasteiger partial charge in [0.05, 0.1) is 13.1 Å². The van der Waals surface area contributed by atoms with Crippen molar-refractivity contribution in [1.82, 2.24) is 20.3 Å². The highest BCUT2D eigenvalue weighted by molar-refractivity contribution is 5.58. The molecule has 108 valence electrons. The van der Waals surface area contributed by atoms with Crippen LogP contribution in [-0.2, 0) is 13.1 Å². The van der Waals surface area contributed by atoms with Crippen LogP contribution < -0.4 is 5.32 Å². The molecule has 3 aromatic rings. The van der Waals surface area contributed by atoms with E-state index in [4.69, 9.17) is 4.52 Å². The monoisotopic (exact) mass is 282 g/mol. The summed E-state index contributed by atoms with van der Waals surface area (Å²) in [6, 6.07) is 14.2. The van der Waals surface area contributed by atoms with Gasteiger partial charge in [-0.15, -0.1) is 0 Å². The van der Waals surface area contributed by atoms with E-state index in [1.807, 2.05) is 53.3 Å². The van der Waals surface area contributed by atoms with Crippen LogP contribution in [0.5, 0.6) is 0 Å². The Morgan fingerprint density at radius 3 is 2.86 bits per heavy atom. The third-order valence-corrected chi connectivity index (χ3v) is 3.27. The van der Waals surface area contributed by atoms with E-state index >= 15 is 0 Å². The minimum Gasteiger partial charge on any atom is -0.359 e. The molecule has 0 amide bonds. The molecule has 2 heterocycles. The lowest BCUT2D eigenvalue weighted by Gasteiger charge is -2.12. The maximum atomic E-state index is 5.37. The molecule has 0 bridgehead atoms. The summed E-state index contributed by atoms with van der Waals surface area (Å²) in [5, 5.41) is 11.7. The van der Waals surface area contributed by atoms with Crippen LogP contribution in [0.2, 0.25) is 0 Å². The predicted molar refractivity (Wildman–Crippen MR) is 80.5 cm³/mol. The summed E-state index contributed by atoms with van der Waals surface area (Å²) in [5.74, 6) is 0.834. The Morgan fingerprint density at radius 2 is 2.10 bits per heavy atom. The van der Waals surface area contributed by atoms with Crippen molar-refractivity contribution in [2.45, 2.75) is 26.1 Å². The van der Waals surface area contributed by atoms with Crippen LogP contribution >= 0.6 is 0 Å². The van der Waals surface area contributed by atoms with Crippen molar-refractivity contribution in [1.29, 1.82) is 0 Å². The fourth-order valence-corrected chi connectivity index (χ4v) is 2.17. The minimum absolute atomic E-state index is 0.301. The van der Waals surface area contributed by atoms with Crippen molar-refractivity contribution < 1.29 is 4.52 Å². The van der Waals surface area contributed by atoms with Crippen LogP contribution in [0.25, 0.3) is 11.3 Å². The van der Waals surface area contributed by atoms with Gasteiger partial charge in [0.15, 0.2) is 5.76 Å². The SMILES string of the molecule is C[C@@H](Cn1cccn1)NCc1cc(-c2ccccc2)no1. The zero-order chi connectivity index (χ0) is 14.5. The molecule has 1 aromatic carbocycles. The summed E-state index contributed by atoms with van der Waals surface area (Å²) < 4.78 is 7.28. The van der Waals surface area contributed by atoms with Gasteiger partial charge in [-0.25, -0.2) is 0 Å². The molecule has 0 aliphatic rings. The Hall–Kier alpha value is -2.40. The highest BCUT2D eigenvalue weighted by Gasteiger charge is 2.08. The second kappa shape index (κ2) is 6.37. The van der Waals surface area contributed by atoms with E-state index in [2.05, 4.69) is 22.5 Å². The highest BCUT2D eigenvalue weighted by Crippen LogP contribution is 2.18. The first kappa shape index (κ1) is 13.6. The van der Waals surface area contributed by atoms with Crippen molar-refractivity contribution in [3.8, 4) is 11.3 Å². The lowest BCUT2D eigenvalue weighted by molar-refractivity contribution is 0.357. The third-order valence-electron chi connectivity index (χ3n) is 3.27. The number of hydrogen-bond donors (Lipinski definition) is 1. The first-order valence-corrected chi connectivity index (χ1v) is 7.03. The Kier molecular flexibility index (Phi) is 4.12. The number of nitrogens with one attached hydrogen (secondary N) is 1. The largest absolute Gasteiger partial charge is 0.359 e. The van der Waals surface area contributed by atoms with E-state index in [0.717, 1.165) is 23.6 Å². The summed E-state index contributed by atoms with van der Waals surface area (Å²) in [7, 11) is 0. The molecule has 5 nitrogen and oxygen atoms in total. The second-order valence-electron chi connectivity index (χ2n) is 5.05. The zero-order valence-corrected chi connectivity index (χ0v) is 11.9. The smallest absolute Gasteiger partial charge is 0.151 e. The van der Waals surface area contributed by atoms with Crippen LogP contribution in [0.15, 0.2) is 59.4 Å². The van der Waals surface area contributed by atoms with Gasteiger partial charge < -0.3 is 9.84 Å². The maximum Gasteiger partial charge on any atom is 0.151 e. The van der Waals surface area contributed by atoms with Gasteiger partial charge in [0.25, 0.3) is 0 Å². The Balaban J connectivity index is 1.55. The third kappa shape index (κ3) is 3.58. The van der Waals surface area contributed by atoms with Crippen LogP contribution in [0.1, 0.15) is 12.7 Å². The summed E-state index contributed by atoms with van der Waals surface area (Å²) in [6.45, 7) is 3.60. The summed E-state index contributed by atoms with van der Waals surface area (Å²) in [5.41, 5.74) is 1.93. The molecule has 0 saturated carbocycles. The molecule has 0 aliphatic heterocycles. The van der Waals surface area contributed by atoms with Crippen molar-refractivity contribution in [2.24, 2.45) is 0 Å². The number of hydrogen-bond acceptors (Lipinski definition) is 4. The number of aromatic nitrogens is 3. The summed E-state index contributed by atoms with van der Waals surface area (Å²) in [4.78, 5) is 0. The summed E-state index contributed by atoms with van der Waals surface area (Å²) in [6.07, 6.45) is 3.75. The van der Waals surface area contributed by atoms with Crippen LogP contribution in [0, 0.1) is 0 Å². The molecule has 21 heavy (non-hydrogen) atoms. The normalized spacial score (nSPS) is 12.4. The molecule has 0 aliphatic carbocycles. The molecular formula is C16H18N4O. The minimum atomic E-state index is 0.301. The fraction of sp³-hybridized carbons (Fsp3) is 0.250. The number of benzene rings is 1. The van der Waals surface area contributed by atoms with Crippen molar-refractivity contribution >= 4 is 0 Å². The van der Waals surface area contributed by atoms with Crippen LogP contribution in [0.3, 0.4) is 0 Å². The van der Waals surface area contributed by atoms with E-state index in [-0.39, 0.29) is 0 Å². The standard InChI is InChI=1S/C16H18N4O/c1-13(12-20-9-5-8-18-20)17-11-15-10-16(19-21-15)14-6-3-2-4-7-14/h2-10,13,17H,11-12H2,1H3/t13-/m0/s1. The summed E-state index contributed by atoms with van der Waals surface area (Å²) >= 11 is 0. The van der Waals surface area contributed by atoms with E-state index in [9.17, 15) is 0 Å². The molecule has 0 radical (unpaired) electrons. The lowest BCUT2D eigenvalue weighted by atomic mass is 10.1. The van der Waals surface area contributed by atoms with Gasteiger partial charge in [0.2, 0.25) is 0 Å². The second-order valence-corrected chi connectivity index (χ2v) is 5.05. The Morgan fingerprint density at radius 1 is 1.24 bits per heavy atom. The number of nitrogens with zero attached hydrogens (tertiary/aromatic N) is 3. The van der Waals surface area contributed by atoms with Gasteiger partial charge in [-0.1, -0.05) is 35.5 Å². The van der Waals surface area contributed by atoms with Gasteiger partial charge in [-0.05, 0) is 13.0 Å². The van der Waals surface area contributed by atoms with E-state index < -0.39 is 0 Å². The van der Waals surface area contributed by atoms with Gasteiger partial charge in [0.1, 0.15) is 5.69 Å². The van der Waals surface area contributed by atoms with Gasteiger partial charge in [-0.3, -0.25) is 4.68 Å². The fourth-order valence-electron chi connectivity index (χ4n) is 2.17. The molecule has 1 N–H and O–H groups in total. The van der Waals surface area contributed by atoms with Crippen LogP contribution in [0.4, 0.5) is 0 Å². The molecule has 0 unspecified atom stereocenters. The van der Waals surface area contributed by atoms with E-state index in [1.54, 1.807) is 6.20 Å². The predicted octanol–water partition coefficient (Wildman–Crippen LogP) is 2.72. The first-order chi connectivity index (χ1) is 10.3. The Labute approximate surface area is 123 Å². The molecule has 0 fully saturated rings. The highest BCUT2D eigenvalue weighted by atomic mass is 16.5. The van der Waals surface area contributed by atoms with E-state index in [1.165, 1.54) is 0 Å². The van der Waals surface area contributed by atoms with Crippen LogP contribution in [-0.4, -0.2) is 21.0 Å². The molecule has 1 atom stereocenters. The average molecular weight is 282 g/mol. The molecule has 2 aromatic heterocycles. The lowest BCUT2D eigenvalue weighted by Crippen LogP contribution is -2.29. The molecule has 5 heteroatoms. The van der Waals surface area contributed by atoms with E-state index in [0.29, 0.717) is 12.6 Å².